The standard InChI is InChI=1S/C17H27N3O9/c1-9(21)3-4-11(16(26)27)19-14(23)8-6-12(17(28)29)20-13(22)7-5-10(18-2)15(24)25/h10-12,18H,3-8H2,1-2H3,(H,19,23)(H,20,22)(H,24,25)(H,26,27)(H,28,29). The smallest absolute Gasteiger partial charge is 0.326 e. The summed E-state index contributed by atoms with van der Waals surface area (Å²) in [6.07, 6.45) is -1.07. The molecule has 3 atom stereocenters. The summed E-state index contributed by atoms with van der Waals surface area (Å²) in [7, 11) is 1.41. The van der Waals surface area contributed by atoms with Gasteiger partial charge in [-0.1, -0.05) is 0 Å². The zero-order valence-corrected chi connectivity index (χ0v) is 16.3. The number of Topliss-reactive ketones (excluding diaryl/α,β-unsaturated/α-hetero) is 1. The fourth-order valence-electron chi connectivity index (χ4n) is 2.34. The molecule has 0 bridgehead atoms. The Balaban J connectivity index is 4.61. The normalized spacial score (nSPS) is 13.6. The van der Waals surface area contributed by atoms with Crippen molar-refractivity contribution in [1.82, 2.24) is 16.0 Å². The van der Waals surface area contributed by atoms with Gasteiger partial charge >= 0.3 is 17.9 Å². The average Bonchev–Trinajstić information content (AvgIpc) is 2.61. The van der Waals surface area contributed by atoms with Crippen molar-refractivity contribution in [2.75, 3.05) is 7.05 Å². The number of aliphatic carboxylic acids is 3. The number of likely N-dealkylation sites (N-methyl/N-ethyl adjacent to an activating group) is 1. The number of carboxylic acid groups (broad SMARTS) is 3. The van der Waals surface area contributed by atoms with E-state index >= 15 is 0 Å². The number of rotatable bonds is 15. The predicted molar refractivity (Wildman–Crippen MR) is 98.0 cm³/mol. The van der Waals surface area contributed by atoms with Gasteiger partial charge in [-0.05, 0) is 33.2 Å². The van der Waals surface area contributed by atoms with Crippen LogP contribution in [-0.2, 0) is 28.8 Å². The molecule has 0 radical (unpaired) electrons. The Hall–Kier alpha value is -3.02. The van der Waals surface area contributed by atoms with Crippen LogP contribution >= 0.6 is 0 Å². The largest absolute Gasteiger partial charge is 0.480 e. The van der Waals surface area contributed by atoms with Gasteiger partial charge in [0, 0.05) is 19.3 Å². The molecule has 164 valence electrons. The molecule has 6 N–H and O–H groups in total. The molecular formula is C17H27N3O9. The van der Waals surface area contributed by atoms with E-state index in [4.69, 9.17) is 10.2 Å². The van der Waals surface area contributed by atoms with E-state index < -0.39 is 47.8 Å². The molecule has 12 heteroatoms. The summed E-state index contributed by atoms with van der Waals surface area (Å²) in [5.74, 6) is -5.51. The first-order chi connectivity index (χ1) is 13.5. The molecule has 0 heterocycles. The van der Waals surface area contributed by atoms with Gasteiger partial charge in [0.25, 0.3) is 0 Å². The number of nitrogens with one attached hydrogen (secondary N) is 3. The van der Waals surface area contributed by atoms with Crippen LogP contribution in [0, 0.1) is 0 Å². The zero-order valence-electron chi connectivity index (χ0n) is 16.3. The van der Waals surface area contributed by atoms with Crippen LogP contribution in [0.1, 0.15) is 45.4 Å². The highest BCUT2D eigenvalue weighted by atomic mass is 16.4. The number of carbonyl (C=O) groups is 6. The third-order valence-electron chi connectivity index (χ3n) is 4.02. The minimum atomic E-state index is -1.40. The van der Waals surface area contributed by atoms with E-state index in [9.17, 15) is 33.9 Å². The van der Waals surface area contributed by atoms with Crippen molar-refractivity contribution in [3.05, 3.63) is 0 Å². The highest BCUT2D eigenvalue weighted by molar-refractivity contribution is 5.86. The van der Waals surface area contributed by atoms with Gasteiger partial charge in [0.2, 0.25) is 11.8 Å². The van der Waals surface area contributed by atoms with Crippen LogP contribution in [-0.4, -0.2) is 76.0 Å². The lowest BCUT2D eigenvalue weighted by Crippen LogP contribution is -2.44. The number of ketones is 1. The van der Waals surface area contributed by atoms with Crippen LogP contribution in [0.5, 0.6) is 0 Å². The van der Waals surface area contributed by atoms with Crippen LogP contribution in [0.25, 0.3) is 0 Å². The molecule has 0 saturated heterocycles. The molecule has 2 amide bonds. The van der Waals surface area contributed by atoms with Crippen LogP contribution in [0.3, 0.4) is 0 Å². The molecule has 0 saturated carbocycles. The lowest BCUT2D eigenvalue weighted by molar-refractivity contribution is -0.143. The Bertz CT molecular complexity index is 636. The second-order valence-corrected chi connectivity index (χ2v) is 6.41. The molecule has 0 spiro atoms. The Morgan fingerprint density at radius 3 is 1.31 bits per heavy atom. The highest BCUT2D eigenvalue weighted by Crippen LogP contribution is 2.04. The van der Waals surface area contributed by atoms with Gasteiger partial charge in [-0.2, -0.15) is 0 Å². The van der Waals surface area contributed by atoms with Crippen molar-refractivity contribution in [3.63, 3.8) is 0 Å². The number of carbonyl (C=O) groups excluding carboxylic acids is 3. The first-order valence-electron chi connectivity index (χ1n) is 8.91. The fourth-order valence-corrected chi connectivity index (χ4v) is 2.34. The van der Waals surface area contributed by atoms with Gasteiger partial charge in [0.05, 0.1) is 0 Å². The van der Waals surface area contributed by atoms with Gasteiger partial charge in [0.15, 0.2) is 0 Å². The molecule has 0 aromatic carbocycles. The maximum absolute atomic E-state index is 11.9. The molecule has 0 aliphatic heterocycles. The summed E-state index contributed by atoms with van der Waals surface area (Å²) in [5.41, 5.74) is 0. The highest BCUT2D eigenvalue weighted by Gasteiger charge is 2.24. The zero-order chi connectivity index (χ0) is 22.6. The van der Waals surface area contributed by atoms with Crippen molar-refractivity contribution in [2.45, 2.75) is 63.6 Å². The molecule has 0 aliphatic carbocycles. The summed E-state index contributed by atoms with van der Waals surface area (Å²) >= 11 is 0. The Morgan fingerprint density at radius 2 is 1.00 bits per heavy atom. The second kappa shape index (κ2) is 13.2. The van der Waals surface area contributed by atoms with Crippen molar-refractivity contribution in [1.29, 1.82) is 0 Å². The third kappa shape index (κ3) is 11.4. The van der Waals surface area contributed by atoms with E-state index in [1.807, 2.05) is 0 Å². The first-order valence-corrected chi connectivity index (χ1v) is 8.91. The van der Waals surface area contributed by atoms with E-state index in [1.165, 1.54) is 14.0 Å². The van der Waals surface area contributed by atoms with Crippen molar-refractivity contribution in [2.24, 2.45) is 0 Å². The molecule has 0 aromatic rings. The Labute approximate surface area is 167 Å². The van der Waals surface area contributed by atoms with E-state index in [1.54, 1.807) is 0 Å². The van der Waals surface area contributed by atoms with Gasteiger partial charge in [0.1, 0.15) is 23.9 Å². The number of carboxylic acids is 3. The molecule has 0 aromatic heterocycles. The summed E-state index contributed by atoms with van der Waals surface area (Å²) in [5, 5.41) is 34.0. The number of hydrogen-bond donors (Lipinski definition) is 6. The van der Waals surface area contributed by atoms with E-state index in [-0.39, 0.29) is 44.3 Å². The molecule has 0 aliphatic rings. The molecule has 12 nitrogen and oxygen atoms in total. The van der Waals surface area contributed by atoms with E-state index in [2.05, 4.69) is 16.0 Å². The number of hydrogen-bond acceptors (Lipinski definition) is 7. The topological polar surface area (TPSA) is 199 Å². The summed E-state index contributed by atoms with van der Waals surface area (Å²) in [4.78, 5) is 68.0. The van der Waals surface area contributed by atoms with Crippen molar-refractivity contribution >= 4 is 35.5 Å². The molecular weight excluding hydrogens is 390 g/mol. The van der Waals surface area contributed by atoms with Gasteiger partial charge in [-0.3, -0.25) is 14.4 Å². The van der Waals surface area contributed by atoms with Crippen LogP contribution in [0.2, 0.25) is 0 Å². The third-order valence-corrected chi connectivity index (χ3v) is 4.02. The predicted octanol–water partition coefficient (Wildman–Crippen LogP) is -1.27. The molecule has 0 rings (SSSR count). The van der Waals surface area contributed by atoms with Crippen LogP contribution < -0.4 is 16.0 Å². The van der Waals surface area contributed by atoms with E-state index in [0.717, 1.165) is 0 Å². The number of amides is 2. The minimum absolute atomic E-state index is 0.0327. The maximum atomic E-state index is 11.9. The van der Waals surface area contributed by atoms with Crippen molar-refractivity contribution in [3.8, 4) is 0 Å². The van der Waals surface area contributed by atoms with Gasteiger partial charge < -0.3 is 36.1 Å². The van der Waals surface area contributed by atoms with Crippen LogP contribution in [0.15, 0.2) is 0 Å². The molecule has 29 heavy (non-hydrogen) atoms. The first kappa shape index (κ1) is 26.0. The minimum Gasteiger partial charge on any atom is -0.480 e. The van der Waals surface area contributed by atoms with Gasteiger partial charge in [-0.15, -0.1) is 0 Å². The molecule has 3 unspecified atom stereocenters. The Morgan fingerprint density at radius 1 is 0.655 bits per heavy atom. The SMILES string of the molecule is CNC(CCC(=O)NC(CCC(=O)NC(CCC(C)=O)C(=O)O)C(=O)O)C(=O)O. The fraction of sp³-hybridized carbons (Fsp3) is 0.647. The lowest BCUT2D eigenvalue weighted by Gasteiger charge is -2.17. The monoisotopic (exact) mass is 417 g/mol. The average molecular weight is 417 g/mol. The van der Waals surface area contributed by atoms with Crippen molar-refractivity contribution < 1.29 is 44.1 Å². The quantitative estimate of drug-likeness (QED) is 0.187. The van der Waals surface area contributed by atoms with Gasteiger partial charge in [-0.25, -0.2) is 9.59 Å². The maximum Gasteiger partial charge on any atom is 0.326 e. The van der Waals surface area contributed by atoms with Crippen LogP contribution in [0.4, 0.5) is 0 Å². The summed E-state index contributed by atoms with van der Waals surface area (Å²) in [6.45, 7) is 1.29. The lowest BCUT2D eigenvalue weighted by atomic mass is 10.1. The Kier molecular flexibility index (Phi) is 11.8. The summed E-state index contributed by atoms with van der Waals surface area (Å²) in [6, 6.07) is -3.64. The second-order valence-electron chi connectivity index (χ2n) is 6.41. The molecule has 0 fully saturated rings. The van der Waals surface area contributed by atoms with E-state index in [0.29, 0.717) is 0 Å². The summed E-state index contributed by atoms with van der Waals surface area (Å²) < 4.78 is 0.